The molecule has 5 heteroatoms. The lowest BCUT2D eigenvalue weighted by atomic mass is 10.1. The molecule has 1 aliphatic rings. The van der Waals surface area contributed by atoms with Crippen molar-refractivity contribution in [2.75, 3.05) is 50.1 Å². The number of nitrogens with zero attached hydrogens (tertiary/aromatic N) is 3. The van der Waals surface area contributed by atoms with Crippen molar-refractivity contribution in [3.8, 4) is 5.75 Å². The van der Waals surface area contributed by atoms with E-state index in [0.717, 1.165) is 44.3 Å². The standard InChI is InChI=1S/C21H30N4O/c1-4-24(2)21-10-9-17(15-23-21)13-22-14-18-11-12-25(16-18)19-7-5-6-8-20(19)26-3/h5-10,15,18,22H,4,11-14,16H2,1-3H3/t18-/m1/s1. The van der Waals surface area contributed by atoms with Crippen molar-refractivity contribution in [1.29, 1.82) is 0 Å². The van der Waals surface area contributed by atoms with E-state index in [9.17, 15) is 0 Å². The van der Waals surface area contributed by atoms with E-state index in [1.807, 2.05) is 18.3 Å². The lowest BCUT2D eigenvalue weighted by molar-refractivity contribution is 0.414. The molecule has 0 radical (unpaired) electrons. The van der Waals surface area contributed by atoms with E-state index < -0.39 is 0 Å². The van der Waals surface area contributed by atoms with Crippen LogP contribution < -0.4 is 19.9 Å². The first-order valence-corrected chi connectivity index (χ1v) is 9.46. The van der Waals surface area contributed by atoms with E-state index in [-0.39, 0.29) is 0 Å². The van der Waals surface area contributed by atoms with Gasteiger partial charge < -0.3 is 19.9 Å². The number of hydrogen-bond donors (Lipinski definition) is 1. The molecule has 1 fully saturated rings. The number of rotatable bonds is 8. The summed E-state index contributed by atoms with van der Waals surface area (Å²) in [5, 5.41) is 3.60. The summed E-state index contributed by atoms with van der Waals surface area (Å²) < 4.78 is 5.50. The Hall–Kier alpha value is -2.27. The van der Waals surface area contributed by atoms with Gasteiger partial charge in [0.1, 0.15) is 11.6 Å². The van der Waals surface area contributed by atoms with Gasteiger partial charge in [0.15, 0.2) is 0 Å². The van der Waals surface area contributed by atoms with Crippen molar-refractivity contribution in [3.05, 3.63) is 48.2 Å². The minimum atomic E-state index is 0.665. The summed E-state index contributed by atoms with van der Waals surface area (Å²) in [5.74, 6) is 2.65. The minimum Gasteiger partial charge on any atom is -0.495 e. The number of benzene rings is 1. The van der Waals surface area contributed by atoms with Crippen LogP contribution in [0.5, 0.6) is 5.75 Å². The van der Waals surface area contributed by atoms with Gasteiger partial charge in [-0.15, -0.1) is 0 Å². The topological polar surface area (TPSA) is 40.6 Å². The molecular formula is C21H30N4O. The maximum atomic E-state index is 5.50. The van der Waals surface area contributed by atoms with Gasteiger partial charge in [0.25, 0.3) is 0 Å². The van der Waals surface area contributed by atoms with Crippen LogP contribution >= 0.6 is 0 Å². The van der Waals surface area contributed by atoms with E-state index in [2.05, 4.69) is 58.3 Å². The molecule has 2 heterocycles. The summed E-state index contributed by atoms with van der Waals surface area (Å²) in [4.78, 5) is 9.11. The van der Waals surface area contributed by atoms with Gasteiger partial charge in [0, 0.05) is 46.0 Å². The minimum absolute atomic E-state index is 0.665. The van der Waals surface area contributed by atoms with Gasteiger partial charge in [-0.25, -0.2) is 4.98 Å². The van der Waals surface area contributed by atoms with E-state index in [1.54, 1.807) is 7.11 Å². The maximum Gasteiger partial charge on any atom is 0.142 e. The van der Waals surface area contributed by atoms with E-state index in [1.165, 1.54) is 17.7 Å². The number of hydrogen-bond acceptors (Lipinski definition) is 5. The molecule has 0 bridgehead atoms. The molecule has 2 aromatic rings. The second kappa shape index (κ2) is 8.90. The molecule has 1 aromatic carbocycles. The van der Waals surface area contributed by atoms with Crippen molar-refractivity contribution in [2.24, 2.45) is 5.92 Å². The Morgan fingerprint density at radius 1 is 1.27 bits per heavy atom. The summed E-state index contributed by atoms with van der Waals surface area (Å²) in [5.41, 5.74) is 2.44. The largest absolute Gasteiger partial charge is 0.495 e. The molecule has 0 aliphatic carbocycles. The highest BCUT2D eigenvalue weighted by atomic mass is 16.5. The van der Waals surface area contributed by atoms with Gasteiger partial charge in [0.2, 0.25) is 0 Å². The predicted molar refractivity (Wildman–Crippen MR) is 108 cm³/mol. The van der Waals surface area contributed by atoms with Crippen LogP contribution in [0.15, 0.2) is 42.6 Å². The average Bonchev–Trinajstić information content (AvgIpc) is 3.16. The SMILES string of the molecule is CCN(C)c1ccc(CNC[C@H]2CCN(c3ccccc3OC)C2)cn1. The fourth-order valence-corrected chi connectivity index (χ4v) is 3.44. The second-order valence-corrected chi connectivity index (χ2v) is 6.94. The molecule has 1 saturated heterocycles. The molecule has 5 nitrogen and oxygen atoms in total. The van der Waals surface area contributed by atoms with Gasteiger partial charge in [-0.05, 0) is 43.0 Å². The first-order valence-electron chi connectivity index (χ1n) is 9.46. The first kappa shape index (κ1) is 18.5. The monoisotopic (exact) mass is 354 g/mol. The Morgan fingerprint density at radius 3 is 2.85 bits per heavy atom. The van der Waals surface area contributed by atoms with Crippen LogP contribution in [0.3, 0.4) is 0 Å². The number of para-hydroxylation sites is 2. The third-order valence-corrected chi connectivity index (χ3v) is 5.15. The molecule has 140 valence electrons. The average molecular weight is 354 g/mol. The highest BCUT2D eigenvalue weighted by molar-refractivity contribution is 5.59. The number of methoxy groups -OCH3 is 1. The fraction of sp³-hybridized carbons (Fsp3) is 0.476. The van der Waals surface area contributed by atoms with Gasteiger partial charge in [-0.1, -0.05) is 18.2 Å². The van der Waals surface area contributed by atoms with Crippen LogP contribution in [0, 0.1) is 5.92 Å². The third-order valence-electron chi connectivity index (χ3n) is 5.15. The lowest BCUT2D eigenvalue weighted by Crippen LogP contribution is -2.26. The highest BCUT2D eigenvalue weighted by Gasteiger charge is 2.24. The molecule has 0 unspecified atom stereocenters. The summed E-state index contributed by atoms with van der Waals surface area (Å²) in [7, 11) is 3.80. The number of nitrogens with one attached hydrogen (secondary N) is 1. The van der Waals surface area contributed by atoms with Crippen molar-refractivity contribution < 1.29 is 4.74 Å². The van der Waals surface area contributed by atoms with Crippen LogP contribution in [-0.4, -0.2) is 45.3 Å². The van der Waals surface area contributed by atoms with Gasteiger partial charge in [-0.2, -0.15) is 0 Å². The maximum absolute atomic E-state index is 5.50. The van der Waals surface area contributed by atoms with E-state index in [0.29, 0.717) is 5.92 Å². The van der Waals surface area contributed by atoms with Crippen LogP contribution in [-0.2, 0) is 6.54 Å². The summed E-state index contributed by atoms with van der Waals surface area (Å²) >= 11 is 0. The predicted octanol–water partition coefficient (Wildman–Crippen LogP) is 3.16. The Bertz CT molecular complexity index is 689. The number of aromatic nitrogens is 1. The number of pyridine rings is 1. The molecule has 0 saturated carbocycles. The molecule has 1 aromatic heterocycles. The molecule has 3 rings (SSSR count). The van der Waals surface area contributed by atoms with Crippen molar-refractivity contribution >= 4 is 11.5 Å². The summed E-state index contributed by atoms with van der Waals surface area (Å²) in [6.45, 7) is 7.16. The number of ether oxygens (including phenoxy) is 1. The zero-order chi connectivity index (χ0) is 18.4. The molecular weight excluding hydrogens is 324 g/mol. The molecule has 26 heavy (non-hydrogen) atoms. The van der Waals surface area contributed by atoms with Crippen LogP contribution in [0.4, 0.5) is 11.5 Å². The smallest absolute Gasteiger partial charge is 0.142 e. The Labute approximate surface area is 157 Å². The van der Waals surface area contributed by atoms with Crippen molar-refractivity contribution in [3.63, 3.8) is 0 Å². The Morgan fingerprint density at radius 2 is 2.12 bits per heavy atom. The Balaban J connectivity index is 1.46. The van der Waals surface area contributed by atoms with Crippen molar-refractivity contribution in [1.82, 2.24) is 10.3 Å². The van der Waals surface area contributed by atoms with E-state index >= 15 is 0 Å². The van der Waals surface area contributed by atoms with Gasteiger partial charge in [-0.3, -0.25) is 0 Å². The normalized spacial score (nSPS) is 16.7. The zero-order valence-electron chi connectivity index (χ0n) is 16.1. The van der Waals surface area contributed by atoms with Gasteiger partial charge >= 0.3 is 0 Å². The Kier molecular flexibility index (Phi) is 6.34. The van der Waals surface area contributed by atoms with Crippen LogP contribution in [0.25, 0.3) is 0 Å². The summed E-state index contributed by atoms with van der Waals surface area (Å²) in [6.07, 6.45) is 3.19. The van der Waals surface area contributed by atoms with E-state index in [4.69, 9.17) is 4.74 Å². The lowest BCUT2D eigenvalue weighted by Gasteiger charge is -2.21. The quantitative estimate of drug-likeness (QED) is 0.789. The highest BCUT2D eigenvalue weighted by Crippen LogP contribution is 2.31. The van der Waals surface area contributed by atoms with Gasteiger partial charge in [0.05, 0.1) is 12.8 Å². The molecule has 0 spiro atoms. The molecule has 1 aliphatic heterocycles. The first-order chi connectivity index (χ1) is 12.7. The summed E-state index contributed by atoms with van der Waals surface area (Å²) in [6, 6.07) is 12.5. The number of anilines is 2. The zero-order valence-corrected chi connectivity index (χ0v) is 16.1. The third kappa shape index (κ3) is 4.47. The van der Waals surface area contributed by atoms with Crippen molar-refractivity contribution in [2.45, 2.75) is 19.9 Å². The molecule has 0 amide bonds. The van der Waals surface area contributed by atoms with Crippen LogP contribution in [0.1, 0.15) is 18.9 Å². The second-order valence-electron chi connectivity index (χ2n) is 6.94. The fourth-order valence-electron chi connectivity index (χ4n) is 3.44. The molecule has 1 atom stereocenters. The molecule has 1 N–H and O–H groups in total. The van der Waals surface area contributed by atoms with Crippen LogP contribution in [0.2, 0.25) is 0 Å².